The standard InChI is InChI=1S/C16H29NO3.C11H14N4O.C6H13NO2S/c1-11(2)14(18)13(12-9-7-6-8-10-12)17-15(19)20-16(3,4)5;1-8(2)11-12-14-15(13-11)9-4-6-10(16-3)7-5-9;1-5(2)7-10(8,9)6-3-4-6/h11-13H,6-10H2,1-5H3,(H,17,19);4-8H,1-3H3;5-7H,3-4H2,1-2H3/t13-;;/m0../s1. The fourth-order valence-corrected chi connectivity index (χ4v) is 6.37. The van der Waals surface area contributed by atoms with Crippen molar-refractivity contribution in [1.82, 2.24) is 30.2 Å². The van der Waals surface area contributed by atoms with Crippen LogP contribution in [0.15, 0.2) is 24.3 Å². The first-order valence-electron chi connectivity index (χ1n) is 16.4. The van der Waals surface area contributed by atoms with E-state index in [2.05, 4.69) is 25.4 Å². The van der Waals surface area contributed by atoms with Crippen LogP contribution < -0.4 is 14.8 Å². The lowest BCUT2D eigenvalue weighted by Crippen LogP contribution is -2.49. The first kappa shape index (κ1) is 39.1. The minimum Gasteiger partial charge on any atom is -0.497 e. The Morgan fingerprint density at radius 1 is 0.935 bits per heavy atom. The Bertz CT molecular complexity index is 1330. The molecule has 2 saturated carbocycles. The van der Waals surface area contributed by atoms with E-state index in [1.165, 1.54) is 11.2 Å². The largest absolute Gasteiger partial charge is 0.497 e. The van der Waals surface area contributed by atoms with Crippen LogP contribution in [0.1, 0.15) is 119 Å². The Morgan fingerprint density at radius 2 is 1.52 bits per heavy atom. The lowest BCUT2D eigenvalue weighted by Gasteiger charge is -2.31. The van der Waals surface area contributed by atoms with Gasteiger partial charge in [0.05, 0.1) is 24.1 Å². The van der Waals surface area contributed by atoms with Crippen molar-refractivity contribution in [3.63, 3.8) is 0 Å². The van der Waals surface area contributed by atoms with Gasteiger partial charge >= 0.3 is 6.09 Å². The highest BCUT2D eigenvalue weighted by Crippen LogP contribution is 2.29. The highest BCUT2D eigenvalue weighted by Gasteiger charge is 2.36. The molecule has 1 aromatic carbocycles. The van der Waals surface area contributed by atoms with Gasteiger partial charge in [-0.3, -0.25) is 4.79 Å². The fraction of sp³-hybridized carbons (Fsp3) is 0.727. The third-order valence-corrected chi connectivity index (χ3v) is 9.43. The number of amides is 1. The molecule has 2 fully saturated rings. The maximum atomic E-state index is 12.4. The molecule has 1 heterocycles. The molecule has 0 bridgehead atoms. The van der Waals surface area contributed by atoms with E-state index in [1.807, 2.05) is 86.6 Å². The average molecular weight is 665 g/mol. The van der Waals surface area contributed by atoms with E-state index in [0.29, 0.717) is 0 Å². The first-order chi connectivity index (χ1) is 21.4. The smallest absolute Gasteiger partial charge is 0.408 e. The van der Waals surface area contributed by atoms with E-state index in [-0.39, 0.29) is 34.8 Å². The summed E-state index contributed by atoms with van der Waals surface area (Å²) in [5.74, 6) is 2.14. The topological polar surface area (TPSA) is 154 Å². The fourth-order valence-electron chi connectivity index (χ4n) is 4.77. The molecule has 13 heteroatoms. The second-order valence-corrected chi connectivity index (χ2v) is 15.9. The van der Waals surface area contributed by atoms with Crippen LogP contribution in [-0.4, -0.2) is 70.5 Å². The van der Waals surface area contributed by atoms with Crippen LogP contribution in [0.4, 0.5) is 4.79 Å². The molecule has 1 aromatic heterocycles. The Kier molecular flexibility index (Phi) is 15.1. The number of Topliss-reactive ketones (excluding diaryl/α,β-unsaturated/α-hetero) is 1. The second-order valence-electron chi connectivity index (χ2n) is 13.9. The molecule has 1 atom stereocenters. The van der Waals surface area contributed by atoms with Crippen LogP contribution >= 0.6 is 0 Å². The van der Waals surface area contributed by atoms with Crippen LogP contribution in [0, 0.1) is 11.8 Å². The molecule has 0 saturated heterocycles. The number of nitrogens with zero attached hydrogens (tertiary/aromatic N) is 4. The number of hydrogen-bond acceptors (Lipinski definition) is 9. The normalized spacial score (nSPS) is 16.2. The van der Waals surface area contributed by atoms with Gasteiger partial charge in [0.15, 0.2) is 11.6 Å². The van der Waals surface area contributed by atoms with Gasteiger partial charge in [-0.2, -0.15) is 0 Å². The molecule has 260 valence electrons. The molecule has 46 heavy (non-hydrogen) atoms. The molecule has 2 N–H and O–H groups in total. The summed E-state index contributed by atoms with van der Waals surface area (Å²) in [4.78, 5) is 25.8. The van der Waals surface area contributed by atoms with Gasteiger partial charge in [0.2, 0.25) is 10.0 Å². The van der Waals surface area contributed by atoms with E-state index in [0.717, 1.165) is 55.8 Å². The average Bonchev–Trinajstić information content (AvgIpc) is 3.73. The number of methoxy groups -OCH3 is 1. The molecule has 2 aromatic rings. The first-order valence-corrected chi connectivity index (χ1v) is 18.0. The molecular weight excluding hydrogens is 608 g/mol. The van der Waals surface area contributed by atoms with E-state index >= 15 is 0 Å². The van der Waals surface area contributed by atoms with Crippen LogP contribution in [0.25, 0.3) is 5.69 Å². The zero-order valence-electron chi connectivity index (χ0n) is 29.4. The lowest BCUT2D eigenvalue weighted by atomic mass is 9.80. The van der Waals surface area contributed by atoms with Crippen LogP contribution in [0.5, 0.6) is 5.75 Å². The summed E-state index contributed by atoms with van der Waals surface area (Å²) in [6, 6.07) is 7.16. The summed E-state index contributed by atoms with van der Waals surface area (Å²) in [5.41, 5.74) is 0.336. The number of carbonyl (C=O) groups excluding carboxylic acids is 2. The predicted octanol–water partition coefficient (Wildman–Crippen LogP) is 5.96. The summed E-state index contributed by atoms with van der Waals surface area (Å²) in [6.07, 6.45) is 6.72. The molecule has 0 unspecified atom stereocenters. The molecule has 0 radical (unpaired) electrons. The van der Waals surface area contributed by atoms with Crippen molar-refractivity contribution in [3.05, 3.63) is 30.1 Å². The highest BCUT2D eigenvalue weighted by atomic mass is 32.2. The summed E-state index contributed by atoms with van der Waals surface area (Å²) in [7, 11) is -1.30. The van der Waals surface area contributed by atoms with Crippen LogP contribution in [0.3, 0.4) is 0 Å². The molecule has 4 rings (SSSR count). The van der Waals surface area contributed by atoms with Gasteiger partial charge in [0, 0.05) is 17.9 Å². The maximum Gasteiger partial charge on any atom is 0.408 e. The number of sulfonamides is 1. The number of alkyl carbamates (subject to hydrolysis) is 1. The SMILES string of the molecule is CC(C)C(=O)[C@@H](NC(=O)OC(C)(C)C)C1CCCCC1.CC(C)NS(=O)(=O)C1CC1.COc1ccc(-n2nnc(C(C)C)n2)cc1. The van der Waals surface area contributed by atoms with Gasteiger partial charge < -0.3 is 14.8 Å². The van der Waals surface area contributed by atoms with Crippen molar-refractivity contribution in [2.24, 2.45) is 11.8 Å². The molecule has 0 spiro atoms. The number of ketones is 1. The van der Waals surface area contributed by atoms with Gasteiger partial charge in [-0.25, -0.2) is 17.9 Å². The van der Waals surface area contributed by atoms with E-state index in [4.69, 9.17) is 9.47 Å². The minimum atomic E-state index is -2.94. The monoisotopic (exact) mass is 664 g/mol. The van der Waals surface area contributed by atoms with E-state index in [1.54, 1.807) is 7.11 Å². The number of tetrazole rings is 1. The Balaban J connectivity index is 0.000000253. The Morgan fingerprint density at radius 3 is 1.96 bits per heavy atom. The van der Waals surface area contributed by atoms with Crippen molar-refractivity contribution in [3.8, 4) is 11.4 Å². The molecule has 2 aliphatic rings. The molecular formula is C33H56N6O6S. The summed E-state index contributed by atoms with van der Waals surface area (Å²) in [6.45, 7) is 17.0. The van der Waals surface area contributed by atoms with Crippen molar-refractivity contribution in [1.29, 1.82) is 0 Å². The second kappa shape index (κ2) is 17.7. The zero-order valence-corrected chi connectivity index (χ0v) is 30.2. The summed E-state index contributed by atoms with van der Waals surface area (Å²) >= 11 is 0. The van der Waals surface area contributed by atoms with Crippen molar-refractivity contribution in [2.75, 3.05) is 7.11 Å². The molecule has 2 aliphatic carbocycles. The Hall–Kier alpha value is -3.06. The number of ether oxygens (including phenoxy) is 2. The highest BCUT2D eigenvalue weighted by molar-refractivity contribution is 7.90. The van der Waals surface area contributed by atoms with Gasteiger partial charge in [-0.1, -0.05) is 47.0 Å². The van der Waals surface area contributed by atoms with Crippen molar-refractivity contribution < 1.29 is 27.5 Å². The van der Waals surface area contributed by atoms with Crippen LogP contribution in [0.2, 0.25) is 0 Å². The predicted molar refractivity (Wildman–Crippen MR) is 180 cm³/mol. The number of aromatic nitrogens is 4. The minimum absolute atomic E-state index is 0.0330. The number of carbonyl (C=O) groups is 2. The van der Waals surface area contributed by atoms with Gasteiger partial charge in [0.1, 0.15) is 11.4 Å². The Labute approximate surface area is 275 Å². The summed E-state index contributed by atoms with van der Waals surface area (Å²) < 4.78 is 35.1. The third kappa shape index (κ3) is 13.7. The third-order valence-electron chi connectivity index (χ3n) is 7.28. The molecule has 0 aliphatic heterocycles. The molecule has 12 nitrogen and oxygen atoms in total. The summed E-state index contributed by atoms with van der Waals surface area (Å²) in [5, 5.41) is 15.0. The number of hydrogen-bond donors (Lipinski definition) is 2. The number of nitrogens with one attached hydrogen (secondary N) is 2. The van der Waals surface area contributed by atoms with Crippen molar-refractivity contribution >= 4 is 21.9 Å². The lowest BCUT2D eigenvalue weighted by molar-refractivity contribution is -0.125. The van der Waals surface area contributed by atoms with Gasteiger partial charge in [-0.05, 0) is 95.7 Å². The number of benzene rings is 1. The number of rotatable bonds is 10. The van der Waals surface area contributed by atoms with Crippen molar-refractivity contribution in [2.45, 2.75) is 136 Å². The van der Waals surface area contributed by atoms with Gasteiger partial charge in [-0.15, -0.1) is 15.0 Å². The van der Waals surface area contributed by atoms with Crippen LogP contribution in [-0.2, 0) is 19.6 Å². The maximum absolute atomic E-state index is 12.4. The van der Waals surface area contributed by atoms with E-state index < -0.39 is 27.8 Å². The zero-order chi connectivity index (χ0) is 34.7. The van der Waals surface area contributed by atoms with E-state index in [9.17, 15) is 18.0 Å². The van der Waals surface area contributed by atoms with Gasteiger partial charge in [0.25, 0.3) is 0 Å². The quantitative estimate of drug-likeness (QED) is 0.313. The molecule has 1 amide bonds.